The number of hydrogen-bond acceptors (Lipinski definition) is 3. The highest BCUT2D eigenvalue weighted by atomic mass is 15.2. The van der Waals surface area contributed by atoms with Gasteiger partial charge in [0.25, 0.3) is 0 Å². The van der Waals surface area contributed by atoms with Crippen molar-refractivity contribution in [1.29, 1.82) is 0 Å². The van der Waals surface area contributed by atoms with E-state index in [1.807, 2.05) is 18.2 Å². The highest BCUT2D eigenvalue weighted by Crippen LogP contribution is 2.21. The summed E-state index contributed by atoms with van der Waals surface area (Å²) < 4.78 is 0. The quantitative estimate of drug-likeness (QED) is 0.785. The van der Waals surface area contributed by atoms with Crippen LogP contribution in [0.2, 0.25) is 0 Å². The van der Waals surface area contributed by atoms with Gasteiger partial charge >= 0.3 is 0 Å². The number of nitrogens with two attached hydrogens (primary N) is 1. The van der Waals surface area contributed by atoms with Crippen LogP contribution in [0.1, 0.15) is 20.3 Å². The summed E-state index contributed by atoms with van der Waals surface area (Å²) in [6, 6.07) is 8.54. The van der Waals surface area contributed by atoms with Gasteiger partial charge in [0.1, 0.15) is 0 Å². The lowest BCUT2D eigenvalue weighted by Crippen LogP contribution is -2.29. The molecule has 0 amide bonds. The van der Waals surface area contributed by atoms with Gasteiger partial charge in [-0.25, -0.2) is 0 Å². The lowest BCUT2D eigenvalue weighted by atomic mass is 10.2. The van der Waals surface area contributed by atoms with Crippen molar-refractivity contribution in [3.63, 3.8) is 0 Å². The Hall–Kier alpha value is -1.22. The molecule has 1 atom stereocenters. The van der Waals surface area contributed by atoms with Gasteiger partial charge in [0, 0.05) is 25.7 Å². The molecule has 0 bridgehead atoms. The zero-order valence-corrected chi connectivity index (χ0v) is 10.8. The maximum absolute atomic E-state index is 5.94. The van der Waals surface area contributed by atoms with E-state index in [2.05, 4.69) is 30.1 Å². The summed E-state index contributed by atoms with van der Waals surface area (Å²) >= 11 is 0. The number of anilines is 2. The average Bonchev–Trinajstić information content (AvgIpc) is 2.68. The fourth-order valence-corrected chi connectivity index (χ4v) is 2.48. The number of hydrogen-bond donors (Lipinski definition) is 2. The Balaban J connectivity index is 1.88. The third kappa shape index (κ3) is 3.37. The molecule has 0 aliphatic carbocycles. The van der Waals surface area contributed by atoms with Gasteiger partial charge in [0.05, 0.1) is 11.4 Å². The van der Waals surface area contributed by atoms with Crippen molar-refractivity contribution < 1.29 is 0 Å². The van der Waals surface area contributed by atoms with E-state index in [4.69, 9.17) is 5.73 Å². The minimum atomic E-state index is 0.540. The Morgan fingerprint density at radius 1 is 1.41 bits per heavy atom. The first-order chi connectivity index (χ1) is 8.15. The molecule has 0 aromatic heterocycles. The molecular formula is C14H23N3. The molecule has 2 rings (SSSR count). The van der Waals surface area contributed by atoms with Crippen LogP contribution in [0.4, 0.5) is 11.4 Å². The summed E-state index contributed by atoms with van der Waals surface area (Å²) in [6.45, 7) is 8.07. The van der Waals surface area contributed by atoms with Crippen molar-refractivity contribution in [2.45, 2.75) is 26.3 Å². The maximum atomic E-state index is 5.94. The van der Waals surface area contributed by atoms with Crippen molar-refractivity contribution >= 4 is 11.4 Å². The number of nitrogens with one attached hydrogen (secondary N) is 1. The molecule has 94 valence electrons. The third-order valence-corrected chi connectivity index (χ3v) is 3.22. The van der Waals surface area contributed by atoms with Crippen LogP contribution in [-0.2, 0) is 0 Å². The molecule has 1 aromatic rings. The molecule has 1 aromatic carbocycles. The van der Waals surface area contributed by atoms with Gasteiger partial charge in [-0.05, 0) is 24.5 Å². The fourth-order valence-electron chi connectivity index (χ4n) is 2.48. The van der Waals surface area contributed by atoms with E-state index in [1.165, 1.54) is 19.5 Å². The summed E-state index contributed by atoms with van der Waals surface area (Å²) in [5.74, 6) is 0.746. The van der Waals surface area contributed by atoms with Gasteiger partial charge < -0.3 is 16.0 Å². The highest BCUT2D eigenvalue weighted by molar-refractivity contribution is 5.66. The molecule has 1 saturated heterocycles. The Labute approximate surface area is 104 Å². The molecule has 1 fully saturated rings. The van der Waals surface area contributed by atoms with Gasteiger partial charge in [0.15, 0.2) is 0 Å². The first kappa shape index (κ1) is 12.2. The van der Waals surface area contributed by atoms with Crippen LogP contribution in [-0.4, -0.2) is 30.6 Å². The Kier molecular flexibility index (Phi) is 3.89. The zero-order valence-electron chi connectivity index (χ0n) is 10.8. The number of para-hydroxylation sites is 2. The average molecular weight is 233 g/mol. The fraction of sp³-hybridized carbons (Fsp3) is 0.571. The third-order valence-electron chi connectivity index (χ3n) is 3.22. The lowest BCUT2D eigenvalue weighted by molar-refractivity contribution is 0.296. The van der Waals surface area contributed by atoms with Crippen LogP contribution < -0.4 is 11.1 Å². The number of nitrogen functional groups attached to an aromatic ring is 1. The zero-order chi connectivity index (χ0) is 12.3. The van der Waals surface area contributed by atoms with E-state index in [0.29, 0.717) is 6.04 Å². The first-order valence-electron chi connectivity index (χ1n) is 6.48. The Morgan fingerprint density at radius 2 is 2.18 bits per heavy atom. The van der Waals surface area contributed by atoms with Crippen LogP contribution in [0.25, 0.3) is 0 Å². The second kappa shape index (κ2) is 5.41. The van der Waals surface area contributed by atoms with Gasteiger partial charge in [0.2, 0.25) is 0 Å². The highest BCUT2D eigenvalue weighted by Gasteiger charge is 2.22. The van der Waals surface area contributed by atoms with Gasteiger partial charge in [-0.2, -0.15) is 0 Å². The SMILES string of the molecule is CC(C)CN1CCC(Nc2ccccc2N)C1. The molecule has 0 spiro atoms. The van der Waals surface area contributed by atoms with Crippen molar-refractivity contribution in [2.75, 3.05) is 30.7 Å². The summed E-state index contributed by atoms with van der Waals surface area (Å²) in [5, 5.41) is 3.55. The minimum Gasteiger partial charge on any atom is -0.397 e. The van der Waals surface area contributed by atoms with Crippen LogP contribution in [0.5, 0.6) is 0 Å². The summed E-state index contributed by atoms with van der Waals surface area (Å²) in [5.41, 5.74) is 7.85. The van der Waals surface area contributed by atoms with E-state index in [1.54, 1.807) is 0 Å². The molecule has 3 nitrogen and oxygen atoms in total. The van der Waals surface area contributed by atoms with E-state index in [-0.39, 0.29) is 0 Å². The molecule has 3 heteroatoms. The number of nitrogens with zero attached hydrogens (tertiary/aromatic N) is 1. The van der Waals surface area contributed by atoms with Crippen molar-refractivity contribution in [2.24, 2.45) is 5.92 Å². The number of benzene rings is 1. The number of rotatable bonds is 4. The van der Waals surface area contributed by atoms with Gasteiger partial charge in [-0.1, -0.05) is 26.0 Å². The van der Waals surface area contributed by atoms with Crippen molar-refractivity contribution in [3.8, 4) is 0 Å². The molecule has 0 saturated carbocycles. The molecule has 0 radical (unpaired) electrons. The van der Waals surface area contributed by atoms with Gasteiger partial charge in [-0.3, -0.25) is 0 Å². The van der Waals surface area contributed by atoms with Crippen LogP contribution >= 0.6 is 0 Å². The van der Waals surface area contributed by atoms with E-state index in [0.717, 1.165) is 23.8 Å². The summed E-state index contributed by atoms with van der Waals surface area (Å²) in [4.78, 5) is 2.53. The number of likely N-dealkylation sites (tertiary alicyclic amines) is 1. The maximum Gasteiger partial charge on any atom is 0.0576 e. The van der Waals surface area contributed by atoms with Gasteiger partial charge in [-0.15, -0.1) is 0 Å². The van der Waals surface area contributed by atoms with E-state index < -0.39 is 0 Å². The topological polar surface area (TPSA) is 41.3 Å². The minimum absolute atomic E-state index is 0.540. The summed E-state index contributed by atoms with van der Waals surface area (Å²) in [6.07, 6.45) is 1.21. The van der Waals surface area contributed by atoms with Crippen LogP contribution in [0.15, 0.2) is 24.3 Å². The van der Waals surface area contributed by atoms with Crippen molar-refractivity contribution in [3.05, 3.63) is 24.3 Å². The Morgan fingerprint density at radius 3 is 2.88 bits per heavy atom. The monoisotopic (exact) mass is 233 g/mol. The molecule has 1 aliphatic rings. The van der Waals surface area contributed by atoms with Crippen molar-refractivity contribution in [1.82, 2.24) is 4.90 Å². The first-order valence-corrected chi connectivity index (χ1v) is 6.48. The molecule has 1 heterocycles. The molecule has 3 N–H and O–H groups in total. The molecular weight excluding hydrogens is 210 g/mol. The normalized spacial score (nSPS) is 21.0. The van der Waals surface area contributed by atoms with Crippen LogP contribution in [0, 0.1) is 5.92 Å². The second-order valence-electron chi connectivity index (χ2n) is 5.37. The molecule has 1 aliphatic heterocycles. The van der Waals surface area contributed by atoms with Crippen LogP contribution in [0.3, 0.4) is 0 Å². The largest absolute Gasteiger partial charge is 0.397 e. The predicted octanol–water partition coefficient (Wildman–Crippen LogP) is 2.41. The van der Waals surface area contributed by atoms with E-state index in [9.17, 15) is 0 Å². The molecule has 17 heavy (non-hydrogen) atoms. The predicted molar refractivity (Wildman–Crippen MR) is 74.2 cm³/mol. The standard InChI is InChI=1S/C14H23N3/c1-11(2)9-17-8-7-12(10-17)16-14-6-4-3-5-13(14)15/h3-6,11-12,16H,7-10,15H2,1-2H3. The lowest BCUT2D eigenvalue weighted by Gasteiger charge is -2.19. The summed E-state index contributed by atoms with van der Waals surface area (Å²) in [7, 11) is 0. The van der Waals surface area contributed by atoms with E-state index >= 15 is 0 Å². The molecule has 1 unspecified atom stereocenters. The Bertz CT molecular complexity index is 362. The smallest absolute Gasteiger partial charge is 0.0576 e. The second-order valence-corrected chi connectivity index (χ2v) is 5.37.